The van der Waals surface area contributed by atoms with E-state index in [-0.39, 0.29) is 16.6 Å². The Morgan fingerprint density at radius 2 is 2.10 bits per heavy atom. The predicted molar refractivity (Wildman–Crippen MR) is 77.3 cm³/mol. The fourth-order valence-electron chi connectivity index (χ4n) is 2.78. The minimum absolute atomic E-state index is 0.0169. The van der Waals surface area contributed by atoms with Gasteiger partial charge in [0.25, 0.3) is 0 Å². The van der Waals surface area contributed by atoms with Crippen LogP contribution in [0.2, 0.25) is 0 Å². The van der Waals surface area contributed by atoms with E-state index < -0.39 is 15.8 Å². The highest BCUT2D eigenvalue weighted by atomic mass is 32.2. The van der Waals surface area contributed by atoms with E-state index in [9.17, 15) is 12.8 Å². The highest BCUT2D eigenvalue weighted by Gasteiger charge is 2.33. The Bertz CT molecular complexity index is 552. The molecular formula is C14H21FN2O2S. The SMILES string of the molecule is CCCC1CCCCN1S(=O)(=O)c1cc(N)cc(F)c1. The lowest BCUT2D eigenvalue weighted by Gasteiger charge is -2.34. The Morgan fingerprint density at radius 1 is 1.35 bits per heavy atom. The molecule has 1 aromatic rings. The van der Waals surface area contributed by atoms with Crippen LogP contribution in [0.3, 0.4) is 0 Å². The van der Waals surface area contributed by atoms with E-state index in [0.717, 1.165) is 44.2 Å². The van der Waals surface area contributed by atoms with Crippen LogP contribution in [0.5, 0.6) is 0 Å². The van der Waals surface area contributed by atoms with Gasteiger partial charge >= 0.3 is 0 Å². The molecule has 0 saturated carbocycles. The maximum Gasteiger partial charge on any atom is 0.243 e. The van der Waals surface area contributed by atoms with Crippen molar-refractivity contribution in [3.63, 3.8) is 0 Å². The first-order valence-electron chi connectivity index (χ1n) is 7.03. The van der Waals surface area contributed by atoms with Crippen molar-refractivity contribution in [2.45, 2.75) is 50.0 Å². The lowest BCUT2D eigenvalue weighted by Crippen LogP contribution is -2.43. The normalized spacial score (nSPS) is 21.0. The van der Waals surface area contributed by atoms with E-state index in [0.29, 0.717) is 6.54 Å². The molecule has 1 saturated heterocycles. The first kappa shape index (κ1) is 15.3. The number of halogens is 1. The molecule has 6 heteroatoms. The molecule has 20 heavy (non-hydrogen) atoms. The Morgan fingerprint density at radius 3 is 2.75 bits per heavy atom. The molecule has 1 aliphatic rings. The van der Waals surface area contributed by atoms with Crippen molar-refractivity contribution in [3.05, 3.63) is 24.0 Å². The number of sulfonamides is 1. The van der Waals surface area contributed by atoms with Gasteiger partial charge in [-0.15, -0.1) is 0 Å². The molecule has 0 aromatic heterocycles. The number of nitrogens with zero attached hydrogens (tertiary/aromatic N) is 1. The van der Waals surface area contributed by atoms with Crippen LogP contribution in [0.4, 0.5) is 10.1 Å². The van der Waals surface area contributed by atoms with Crippen molar-refractivity contribution in [3.8, 4) is 0 Å². The molecular weight excluding hydrogens is 279 g/mol. The van der Waals surface area contributed by atoms with Gasteiger partial charge in [-0.1, -0.05) is 19.8 Å². The molecule has 0 aliphatic carbocycles. The van der Waals surface area contributed by atoms with Crippen molar-refractivity contribution in [2.24, 2.45) is 0 Å². The van der Waals surface area contributed by atoms with Gasteiger partial charge in [0.1, 0.15) is 5.82 Å². The van der Waals surface area contributed by atoms with Gasteiger partial charge in [0, 0.05) is 18.3 Å². The topological polar surface area (TPSA) is 63.4 Å². The molecule has 1 atom stereocenters. The standard InChI is InChI=1S/C14H21FN2O2S/c1-2-5-13-6-3-4-7-17(13)20(18,19)14-9-11(15)8-12(16)10-14/h8-10,13H,2-7,16H2,1H3. The number of benzene rings is 1. The highest BCUT2D eigenvalue weighted by Crippen LogP contribution is 2.28. The lowest BCUT2D eigenvalue weighted by atomic mass is 10.0. The molecule has 1 unspecified atom stereocenters. The van der Waals surface area contributed by atoms with E-state index in [2.05, 4.69) is 0 Å². The van der Waals surface area contributed by atoms with Crippen LogP contribution in [0, 0.1) is 5.82 Å². The van der Waals surface area contributed by atoms with Crippen molar-refractivity contribution < 1.29 is 12.8 Å². The molecule has 0 spiro atoms. The number of hydrogen-bond acceptors (Lipinski definition) is 3. The minimum Gasteiger partial charge on any atom is -0.399 e. The predicted octanol–water partition coefficient (Wildman–Crippen LogP) is 2.75. The number of piperidine rings is 1. The number of nitrogens with two attached hydrogens (primary N) is 1. The van der Waals surface area contributed by atoms with Crippen LogP contribution in [0.1, 0.15) is 39.0 Å². The molecule has 2 rings (SSSR count). The fourth-order valence-corrected chi connectivity index (χ4v) is 4.57. The highest BCUT2D eigenvalue weighted by molar-refractivity contribution is 7.89. The third-order valence-electron chi connectivity index (χ3n) is 3.70. The quantitative estimate of drug-likeness (QED) is 0.870. The maximum absolute atomic E-state index is 13.4. The summed E-state index contributed by atoms with van der Waals surface area (Å²) in [6, 6.07) is 3.51. The number of anilines is 1. The van der Waals surface area contributed by atoms with Gasteiger partial charge in [-0.25, -0.2) is 12.8 Å². The van der Waals surface area contributed by atoms with E-state index in [4.69, 9.17) is 5.73 Å². The summed E-state index contributed by atoms with van der Waals surface area (Å²) in [6.45, 7) is 2.54. The maximum atomic E-state index is 13.4. The summed E-state index contributed by atoms with van der Waals surface area (Å²) >= 11 is 0. The second kappa shape index (κ2) is 6.10. The number of hydrogen-bond donors (Lipinski definition) is 1. The zero-order valence-corrected chi connectivity index (χ0v) is 12.5. The average molecular weight is 300 g/mol. The summed E-state index contributed by atoms with van der Waals surface area (Å²) in [6.07, 6.45) is 4.54. The first-order valence-corrected chi connectivity index (χ1v) is 8.47. The van der Waals surface area contributed by atoms with Crippen LogP contribution in [0.25, 0.3) is 0 Å². The molecule has 2 N–H and O–H groups in total. The van der Waals surface area contributed by atoms with Crippen molar-refractivity contribution in [2.75, 3.05) is 12.3 Å². The van der Waals surface area contributed by atoms with Crippen LogP contribution >= 0.6 is 0 Å². The fraction of sp³-hybridized carbons (Fsp3) is 0.571. The van der Waals surface area contributed by atoms with E-state index in [1.165, 1.54) is 10.4 Å². The molecule has 4 nitrogen and oxygen atoms in total. The molecule has 112 valence electrons. The van der Waals surface area contributed by atoms with Gasteiger partial charge in [0.15, 0.2) is 0 Å². The summed E-state index contributed by atoms with van der Waals surface area (Å²) in [4.78, 5) is -0.0435. The minimum atomic E-state index is -3.67. The van der Waals surface area contributed by atoms with Crippen molar-refractivity contribution >= 4 is 15.7 Å². The van der Waals surface area contributed by atoms with E-state index >= 15 is 0 Å². The van der Waals surface area contributed by atoms with Gasteiger partial charge in [0.2, 0.25) is 10.0 Å². The van der Waals surface area contributed by atoms with Gasteiger partial charge in [0.05, 0.1) is 4.90 Å². The molecule has 0 amide bonds. The first-order chi connectivity index (χ1) is 9.45. The number of rotatable bonds is 4. The Kier molecular flexibility index (Phi) is 4.65. The Labute approximate surface area is 119 Å². The Balaban J connectivity index is 2.36. The van der Waals surface area contributed by atoms with E-state index in [1.54, 1.807) is 0 Å². The van der Waals surface area contributed by atoms with Gasteiger partial charge in [-0.2, -0.15) is 4.31 Å². The third-order valence-corrected chi connectivity index (χ3v) is 5.62. The van der Waals surface area contributed by atoms with Gasteiger partial charge in [-0.3, -0.25) is 0 Å². The van der Waals surface area contributed by atoms with Gasteiger partial charge in [-0.05, 0) is 37.5 Å². The van der Waals surface area contributed by atoms with Crippen LogP contribution in [-0.2, 0) is 10.0 Å². The summed E-state index contributed by atoms with van der Waals surface area (Å²) < 4.78 is 40.3. The van der Waals surface area contributed by atoms with Gasteiger partial charge < -0.3 is 5.73 Å². The molecule has 1 aliphatic heterocycles. The summed E-state index contributed by atoms with van der Waals surface area (Å²) in [5.41, 5.74) is 5.69. The van der Waals surface area contributed by atoms with Crippen molar-refractivity contribution in [1.29, 1.82) is 0 Å². The largest absolute Gasteiger partial charge is 0.399 e. The average Bonchev–Trinajstić information content (AvgIpc) is 2.38. The molecule has 0 bridgehead atoms. The summed E-state index contributed by atoms with van der Waals surface area (Å²) in [7, 11) is -3.67. The molecule has 1 heterocycles. The molecule has 0 radical (unpaired) electrons. The monoisotopic (exact) mass is 300 g/mol. The molecule has 1 aromatic carbocycles. The van der Waals surface area contributed by atoms with Crippen LogP contribution in [-0.4, -0.2) is 25.3 Å². The van der Waals surface area contributed by atoms with E-state index in [1.807, 2.05) is 6.92 Å². The van der Waals surface area contributed by atoms with Crippen LogP contribution in [0.15, 0.2) is 23.1 Å². The summed E-state index contributed by atoms with van der Waals surface area (Å²) in [5, 5.41) is 0. The molecule has 1 fully saturated rings. The lowest BCUT2D eigenvalue weighted by molar-refractivity contribution is 0.239. The summed E-state index contributed by atoms with van der Waals surface area (Å²) in [5.74, 6) is -0.618. The van der Waals surface area contributed by atoms with Crippen molar-refractivity contribution in [1.82, 2.24) is 4.31 Å². The number of nitrogen functional groups attached to an aromatic ring is 1. The zero-order valence-electron chi connectivity index (χ0n) is 11.7. The smallest absolute Gasteiger partial charge is 0.243 e. The third kappa shape index (κ3) is 3.12. The second-order valence-electron chi connectivity index (χ2n) is 5.27. The zero-order chi connectivity index (χ0) is 14.8. The Hall–Kier alpha value is -1.14. The second-order valence-corrected chi connectivity index (χ2v) is 7.16. The van der Waals surface area contributed by atoms with Crippen LogP contribution < -0.4 is 5.73 Å².